The first kappa shape index (κ1) is 17.7. The van der Waals surface area contributed by atoms with E-state index in [9.17, 15) is 9.59 Å². The number of halogens is 1. The number of benzene rings is 1. The van der Waals surface area contributed by atoms with Gasteiger partial charge in [-0.05, 0) is 38.0 Å². The van der Waals surface area contributed by atoms with Crippen molar-refractivity contribution in [1.82, 2.24) is 14.7 Å². The lowest BCUT2D eigenvalue weighted by Gasteiger charge is -2.31. The van der Waals surface area contributed by atoms with Crippen molar-refractivity contribution in [3.05, 3.63) is 29.4 Å². The van der Waals surface area contributed by atoms with Gasteiger partial charge in [0, 0.05) is 29.9 Å². The number of likely N-dealkylation sites (tertiary alicyclic amines) is 1. The number of rotatable bonds is 5. The summed E-state index contributed by atoms with van der Waals surface area (Å²) >= 11 is 5.98. The summed E-state index contributed by atoms with van der Waals surface area (Å²) in [5.41, 5.74) is 0.971. The van der Waals surface area contributed by atoms with Gasteiger partial charge in [0.1, 0.15) is 0 Å². The summed E-state index contributed by atoms with van der Waals surface area (Å²) in [7, 11) is 0. The summed E-state index contributed by atoms with van der Waals surface area (Å²) in [4.78, 5) is 26.0. The second-order valence-electron chi connectivity index (χ2n) is 6.23. The fourth-order valence-corrected chi connectivity index (χ4v) is 3.40. The first-order valence-corrected chi connectivity index (χ1v) is 9.01. The Morgan fingerprint density at radius 1 is 1.32 bits per heavy atom. The second kappa shape index (κ2) is 7.87. The Kier molecular flexibility index (Phi) is 5.58. The van der Waals surface area contributed by atoms with E-state index in [4.69, 9.17) is 16.3 Å². The van der Waals surface area contributed by atoms with Crippen LogP contribution in [0, 0.1) is 5.92 Å². The van der Waals surface area contributed by atoms with Crippen LogP contribution < -0.4 is 0 Å². The van der Waals surface area contributed by atoms with Crippen molar-refractivity contribution >= 4 is 34.4 Å². The summed E-state index contributed by atoms with van der Waals surface area (Å²) in [5, 5.41) is 5.98. The molecule has 1 aliphatic rings. The number of ether oxygens (including phenoxy) is 1. The average molecular weight is 364 g/mol. The molecule has 1 saturated heterocycles. The normalized spacial score (nSPS) is 15.5. The van der Waals surface area contributed by atoms with Crippen LogP contribution in [-0.2, 0) is 20.9 Å². The van der Waals surface area contributed by atoms with E-state index in [1.807, 2.05) is 34.7 Å². The SMILES string of the molecule is CCOC(=O)C1CCN(C(=O)CCn2ncc3cc(Cl)ccc32)CC1. The van der Waals surface area contributed by atoms with E-state index < -0.39 is 0 Å². The van der Waals surface area contributed by atoms with Crippen molar-refractivity contribution in [3.8, 4) is 0 Å². The minimum Gasteiger partial charge on any atom is -0.466 e. The van der Waals surface area contributed by atoms with E-state index >= 15 is 0 Å². The molecule has 1 aromatic carbocycles. The summed E-state index contributed by atoms with van der Waals surface area (Å²) in [6.07, 6.45) is 3.50. The van der Waals surface area contributed by atoms with Crippen LogP contribution >= 0.6 is 11.6 Å². The van der Waals surface area contributed by atoms with Crippen LogP contribution in [0.2, 0.25) is 5.02 Å². The molecule has 0 atom stereocenters. The molecule has 0 bridgehead atoms. The van der Waals surface area contributed by atoms with Crippen LogP contribution in [0.15, 0.2) is 24.4 Å². The maximum absolute atomic E-state index is 12.4. The predicted octanol–water partition coefficient (Wildman–Crippen LogP) is 2.88. The number of esters is 1. The van der Waals surface area contributed by atoms with E-state index in [2.05, 4.69) is 5.10 Å². The number of hydrogen-bond acceptors (Lipinski definition) is 4. The molecular weight excluding hydrogens is 342 g/mol. The van der Waals surface area contributed by atoms with Crippen LogP contribution in [0.3, 0.4) is 0 Å². The van der Waals surface area contributed by atoms with Gasteiger partial charge in [0.25, 0.3) is 0 Å². The summed E-state index contributed by atoms with van der Waals surface area (Å²) < 4.78 is 6.89. The van der Waals surface area contributed by atoms with Crippen LogP contribution in [0.4, 0.5) is 0 Å². The molecule has 1 fully saturated rings. The minimum atomic E-state index is -0.142. The van der Waals surface area contributed by atoms with Crippen molar-refractivity contribution in [3.63, 3.8) is 0 Å². The summed E-state index contributed by atoms with van der Waals surface area (Å²) in [6.45, 7) is 3.96. The monoisotopic (exact) mass is 363 g/mol. The van der Waals surface area contributed by atoms with E-state index in [-0.39, 0.29) is 17.8 Å². The highest BCUT2D eigenvalue weighted by Crippen LogP contribution is 2.21. The van der Waals surface area contributed by atoms with E-state index in [1.165, 1.54) is 0 Å². The van der Waals surface area contributed by atoms with Crippen LogP contribution in [-0.4, -0.2) is 46.3 Å². The van der Waals surface area contributed by atoms with E-state index in [0.29, 0.717) is 50.5 Å². The second-order valence-corrected chi connectivity index (χ2v) is 6.66. The highest BCUT2D eigenvalue weighted by Gasteiger charge is 2.28. The molecule has 0 radical (unpaired) electrons. The topological polar surface area (TPSA) is 64.4 Å². The third kappa shape index (κ3) is 4.12. The van der Waals surface area contributed by atoms with Crippen molar-refractivity contribution in [2.24, 2.45) is 5.92 Å². The highest BCUT2D eigenvalue weighted by molar-refractivity contribution is 6.31. The summed E-state index contributed by atoms with van der Waals surface area (Å²) in [5.74, 6) is -0.125. The number of piperidine rings is 1. The predicted molar refractivity (Wildman–Crippen MR) is 95.3 cm³/mol. The van der Waals surface area contributed by atoms with Gasteiger partial charge in [0.2, 0.25) is 5.91 Å². The van der Waals surface area contributed by atoms with Gasteiger partial charge >= 0.3 is 5.97 Å². The third-order valence-corrected chi connectivity index (χ3v) is 4.84. The lowest BCUT2D eigenvalue weighted by atomic mass is 9.97. The van der Waals surface area contributed by atoms with Gasteiger partial charge in [-0.3, -0.25) is 14.3 Å². The molecule has 1 amide bonds. The smallest absolute Gasteiger partial charge is 0.309 e. The summed E-state index contributed by atoms with van der Waals surface area (Å²) in [6, 6.07) is 5.60. The highest BCUT2D eigenvalue weighted by atomic mass is 35.5. The Bertz CT molecular complexity index is 766. The van der Waals surface area contributed by atoms with Crippen LogP contribution in [0.1, 0.15) is 26.2 Å². The number of amides is 1. The number of fused-ring (bicyclic) bond motifs is 1. The molecule has 6 nitrogen and oxygen atoms in total. The van der Waals surface area contributed by atoms with Crippen molar-refractivity contribution in [1.29, 1.82) is 0 Å². The zero-order valence-corrected chi connectivity index (χ0v) is 15.0. The number of hydrogen-bond donors (Lipinski definition) is 0. The molecule has 7 heteroatoms. The third-order valence-electron chi connectivity index (χ3n) is 4.61. The Balaban J connectivity index is 1.52. The molecule has 0 spiro atoms. The molecule has 25 heavy (non-hydrogen) atoms. The molecule has 0 N–H and O–H groups in total. The van der Waals surface area contributed by atoms with Gasteiger partial charge in [0.15, 0.2) is 0 Å². The zero-order chi connectivity index (χ0) is 17.8. The molecular formula is C18H22ClN3O3. The lowest BCUT2D eigenvalue weighted by Crippen LogP contribution is -2.40. The molecule has 1 aromatic heterocycles. The van der Waals surface area contributed by atoms with Crippen LogP contribution in [0.5, 0.6) is 0 Å². The molecule has 3 rings (SSSR count). The first-order valence-electron chi connectivity index (χ1n) is 8.64. The zero-order valence-electron chi connectivity index (χ0n) is 14.3. The van der Waals surface area contributed by atoms with Gasteiger partial charge in [-0.15, -0.1) is 0 Å². The largest absolute Gasteiger partial charge is 0.466 e. The molecule has 134 valence electrons. The molecule has 2 aromatic rings. The van der Waals surface area contributed by atoms with Gasteiger partial charge in [-0.25, -0.2) is 0 Å². The van der Waals surface area contributed by atoms with Gasteiger partial charge in [-0.1, -0.05) is 11.6 Å². The number of aryl methyl sites for hydroxylation is 1. The maximum atomic E-state index is 12.4. The Morgan fingerprint density at radius 2 is 2.08 bits per heavy atom. The first-order chi connectivity index (χ1) is 12.1. The minimum absolute atomic E-state index is 0.0798. The lowest BCUT2D eigenvalue weighted by molar-refractivity contribution is -0.151. The van der Waals surface area contributed by atoms with Gasteiger partial charge in [-0.2, -0.15) is 5.10 Å². The van der Waals surface area contributed by atoms with Gasteiger partial charge in [0.05, 0.1) is 30.8 Å². The standard InChI is InChI=1S/C18H22ClN3O3/c1-2-25-18(24)13-5-8-21(9-6-13)17(23)7-10-22-16-4-3-15(19)11-14(16)12-20-22/h3-4,11-13H,2,5-10H2,1H3. The van der Waals surface area contributed by atoms with Crippen LogP contribution in [0.25, 0.3) is 10.9 Å². The number of carbonyl (C=O) groups is 2. The fourth-order valence-electron chi connectivity index (χ4n) is 3.22. The molecule has 0 aliphatic carbocycles. The maximum Gasteiger partial charge on any atom is 0.309 e. The van der Waals surface area contributed by atoms with Crippen molar-refractivity contribution in [2.45, 2.75) is 32.7 Å². The Labute approximate surface area is 151 Å². The molecule has 1 aliphatic heterocycles. The quantitative estimate of drug-likeness (QED) is 0.766. The Morgan fingerprint density at radius 3 is 2.80 bits per heavy atom. The number of carbonyl (C=O) groups excluding carboxylic acids is 2. The number of aromatic nitrogens is 2. The fraction of sp³-hybridized carbons (Fsp3) is 0.500. The molecule has 0 unspecified atom stereocenters. The number of nitrogens with zero attached hydrogens (tertiary/aromatic N) is 3. The Hall–Kier alpha value is -2.08. The van der Waals surface area contributed by atoms with E-state index in [1.54, 1.807) is 6.20 Å². The van der Waals surface area contributed by atoms with Crippen molar-refractivity contribution < 1.29 is 14.3 Å². The molecule has 0 saturated carbocycles. The average Bonchev–Trinajstić information content (AvgIpc) is 3.02. The van der Waals surface area contributed by atoms with Gasteiger partial charge < -0.3 is 9.64 Å². The molecule has 2 heterocycles. The van der Waals surface area contributed by atoms with Crippen molar-refractivity contribution in [2.75, 3.05) is 19.7 Å². The van der Waals surface area contributed by atoms with E-state index in [0.717, 1.165) is 10.9 Å².